The Balaban J connectivity index is 2.85. The van der Waals surface area contributed by atoms with Crippen LogP contribution < -0.4 is 4.74 Å². The molecule has 0 spiro atoms. The molecule has 100 valence electrons. The van der Waals surface area contributed by atoms with Gasteiger partial charge in [-0.25, -0.2) is 0 Å². The molecule has 1 aromatic carbocycles. The summed E-state index contributed by atoms with van der Waals surface area (Å²) in [5.41, 5.74) is 1.68. The minimum Gasteiger partial charge on any atom is -0.496 e. The van der Waals surface area contributed by atoms with E-state index in [-0.39, 0.29) is 5.91 Å². The number of carbonyl (C=O) groups is 1. The van der Waals surface area contributed by atoms with Crippen LogP contribution >= 0.6 is 15.9 Å². The Morgan fingerprint density at radius 2 is 2.17 bits per heavy atom. The van der Waals surface area contributed by atoms with Crippen molar-refractivity contribution in [1.82, 2.24) is 4.90 Å². The lowest BCUT2D eigenvalue weighted by Crippen LogP contribution is -2.29. The second-order valence-corrected chi connectivity index (χ2v) is 6.06. The van der Waals surface area contributed by atoms with Crippen LogP contribution in [0, 0.1) is 6.92 Å². The summed E-state index contributed by atoms with van der Waals surface area (Å²) in [5, 5.41) is 0. The SMILES string of the molecule is COc1ccc(C)cc1C(=O)N(C)CCC(C)Br. The van der Waals surface area contributed by atoms with E-state index in [4.69, 9.17) is 4.74 Å². The van der Waals surface area contributed by atoms with Gasteiger partial charge in [-0.15, -0.1) is 0 Å². The Labute approximate surface area is 117 Å². The second-order valence-electron chi connectivity index (χ2n) is 4.50. The van der Waals surface area contributed by atoms with Gasteiger partial charge in [-0.1, -0.05) is 34.5 Å². The summed E-state index contributed by atoms with van der Waals surface area (Å²) in [6.07, 6.45) is 0.927. The van der Waals surface area contributed by atoms with E-state index in [1.54, 1.807) is 12.0 Å². The van der Waals surface area contributed by atoms with Crippen LogP contribution in [0.3, 0.4) is 0 Å². The van der Waals surface area contributed by atoms with Crippen molar-refractivity contribution in [2.45, 2.75) is 25.1 Å². The number of alkyl halides is 1. The number of aryl methyl sites for hydroxylation is 1. The molecule has 0 heterocycles. The van der Waals surface area contributed by atoms with Crippen LogP contribution in [-0.2, 0) is 0 Å². The zero-order valence-corrected chi connectivity index (χ0v) is 13.0. The highest BCUT2D eigenvalue weighted by molar-refractivity contribution is 9.09. The molecule has 0 aromatic heterocycles. The molecule has 1 rings (SSSR count). The highest BCUT2D eigenvalue weighted by Gasteiger charge is 2.16. The molecule has 4 heteroatoms. The van der Waals surface area contributed by atoms with Gasteiger partial charge in [-0.2, -0.15) is 0 Å². The van der Waals surface area contributed by atoms with E-state index < -0.39 is 0 Å². The molecule has 3 nitrogen and oxygen atoms in total. The second kappa shape index (κ2) is 6.78. The number of carbonyl (C=O) groups excluding carboxylic acids is 1. The van der Waals surface area contributed by atoms with Crippen molar-refractivity contribution in [1.29, 1.82) is 0 Å². The Kier molecular flexibility index (Phi) is 5.66. The van der Waals surface area contributed by atoms with Gasteiger partial charge in [0.15, 0.2) is 0 Å². The summed E-state index contributed by atoms with van der Waals surface area (Å²) < 4.78 is 5.24. The number of hydrogen-bond acceptors (Lipinski definition) is 2. The van der Waals surface area contributed by atoms with E-state index in [1.165, 1.54) is 0 Å². The van der Waals surface area contributed by atoms with Gasteiger partial charge in [0.2, 0.25) is 0 Å². The van der Waals surface area contributed by atoms with Gasteiger partial charge in [0.1, 0.15) is 5.75 Å². The van der Waals surface area contributed by atoms with Crippen molar-refractivity contribution < 1.29 is 9.53 Å². The molecule has 1 unspecified atom stereocenters. The van der Waals surface area contributed by atoms with Gasteiger partial charge in [-0.05, 0) is 25.5 Å². The number of amides is 1. The number of ether oxygens (including phenoxy) is 1. The largest absolute Gasteiger partial charge is 0.496 e. The van der Waals surface area contributed by atoms with Crippen LogP contribution in [0.1, 0.15) is 29.3 Å². The molecule has 1 amide bonds. The zero-order chi connectivity index (χ0) is 13.7. The Hall–Kier alpha value is -1.03. The van der Waals surface area contributed by atoms with Crippen LogP contribution in [0.25, 0.3) is 0 Å². The molecular weight excluding hydrogens is 294 g/mol. The van der Waals surface area contributed by atoms with E-state index in [0.29, 0.717) is 16.1 Å². The van der Waals surface area contributed by atoms with Gasteiger partial charge in [-0.3, -0.25) is 4.79 Å². The highest BCUT2D eigenvalue weighted by atomic mass is 79.9. The number of hydrogen-bond donors (Lipinski definition) is 0. The molecule has 0 bridgehead atoms. The standard InChI is InChI=1S/C14H20BrNO2/c1-10-5-6-13(18-4)12(9-10)14(17)16(3)8-7-11(2)15/h5-6,9,11H,7-8H2,1-4H3. The van der Waals surface area contributed by atoms with Crippen molar-refractivity contribution in [2.75, 3.05) is 20.7 Å². The van der Waals surface area contributed by atoms with Crippen molar-refractivity contribution in [2.24, 2.45) is 0 Å². The first-order chi connectivity index (χ1) is 8.45. The lowest BCUT2D eigenvalue weighted by molar-refractivity contribution is 0.0790. The fourth-order valence-electron chi connectivity index (χ4n) is 1.67. The first-order valence-electron chi connectivity index (χ1n) is 6.00. The molecule has 1 atom stereocenters. The van der Waals surface area contributed by atoms with Gasteiger partial charge in [0.05, 0.1) is 12.7 Å². The minimum atomic E-state index is 0.00343. The number of rotatable bonds is 5. The molecule has 1 aromatic rings. The Bertz CT molecular complexity index is 418. The molecule has 0 aliphatic heterocycles. The first kappa shape index (κ1) is 15.0. The van der Waals surface area contributed by atoms with Crippen LogP contribution in [0.2, 0.25) is 0 Å². The molecule has 0 radical (unpaired) electrons. The summed E-state index contributed by atoms with van der Waals surface area (Å²) in [5.74, 6) is 0.632. The quantitative estimate of drug-likeness (QED) is 0.781. The first-order valence-corrected chi connectivity index (χ1v) is 6.91. The maximum atomic E-state index is 12.3. The molecule has 18 heavy (non-hydrogen) atoms. The van der Waals surface area contributed by atoms with Gasteiger partial charge >= 0.3 is 0 Å². The normalized spacial score (nSPS) is 12.1. The molecule has 0 aliphatic rings. The van der Waals surface area contributed by atoms with E-state index in [9.17, 15) is 4.79 Å². The predicted molar refractivity (Wildman–Crippen MR) is 77.7 cm³/mol. The summed E-state index contributed by atoms with van der Waals surface area (Å²) in [7, 11) is 3.40. The summed E-state index contributed by atoms with van der Waals surface area (Å²) in [6, 6.07) is 5.65. The van der Waals surface area contributed by atoms with Crippen molar-refractivity contribution in [3.63, 3.8) is 0 Å². The fourth-order valence-corrected chi connectivity index (χ4v) is 1.87. The zero-order valence-electron chi connectivity index (χ0n) is 11.4. The molecule has 0 fully saturated rings. The van der Waals surface area contributed by atoms with E-state index >= 15 is 0 Å². The number of nitrogens with zero attached hydrogens (tertiary/aromatic N) is 1. The van der Waals surface area contributed by atoms with Crippen LogP contribution in [0.4, 0.5) is 0 Å². The van der Waals surface area contributed by atoms with Gasteiger partial charge < -0.3 is 9.64 Å². The predicted octanol–water partition coefficient (Wildman–Crippen LogP) is 3.25. The van der Waals surface area contributed by atoms with E-state index in [2.05, 4.69) is 22.9 Å². The third kappa shape index (κ3) is 4.02. The summed E-state index contributed by atoms with van der Waals surface area (Å²) >= 11 is 3.49. The van der Waals surface area contributed by atoms with E-state index in [0.717, 1.165) is 18.5 Å². The molecule has 0 N–H and O–H groups in total. The van der Waals surface area contributed by atoms with Crippen LogP contribution in [0.15, 0.2) is 18.2 Å². The summed E-state index contributed by atoms with van der Waals surface area (Å²) in [4.78, 5) is 14.5. The third-order valence-corrected chi connectivity index (χ3v) is 3.25. The molecule has 0 saturated carbocycles. The Morgan fingerprint density at radius 1 is 1.50 bits per heavy atom. The number of benzene rings is 1. The summed E-state index contributed by atoms with van der Waals surface area (Å²) in [6.45, 7) is 4.77. The van der Waals surface area contributed by atoms with Gasteiger partial charge in [0, 0.05) is 18.4 Å². The van der Waals surface area contributed by atoms with Gasteiger partial charge in [0.25, 0.3) is 5.91 Å². The average molecular weight is 314 g/mol. The maximum Gasteiger partial charge on any atom is 0.257 e. The third-order valence-electron chi connectivity index (χ3n) is 2.79. The molecule has 0 aliphatic carbocycles. The number of halogens is 1. The van der Waals surface area contributed by atoms with Crippen molar-refractivity contribution in [3.05, 3.63) is 29.3 Å². The Morgan fingerprint density at radius 3 is 2.72 bits per heavy atom. The number of methoxy groups -OCH3 is 1. The minimum absolute atomic E-state index is 0.00343. The lowest BCUT2D eigenvalue weighted by Gasteiger charge is -2.19. The lowest BCUT2D eigenvalue weighted by atomic mass is 10.1. The smallest absolute Gasteiger partial charge is 0.257 e. The van der Waals surface area contributed by atoms with Crippen LogP contribution in [-0.4, -0.2) is 36.3 Å². The maximum absolute atomic E-state index is 12.3. The average Bonchev–Trinajstić information content (AvgIpc) is 2.34. The topological polar surface area (TPSA) is 29.5 Å². The van der Waals surface area contributed by atoms with Crippen LogP contribution in [0.5, 0.6) is 5.75 Å². The highest BCUT2D eigenvalue weighted by Crippen LogP contribution is 2.21. The monoisotopic (exact) mass is 313 g/mol. The van der Waals surface area contributed by atoms with Crippen molar-refractivity contribution in [3.8, 4) is 5.75 Å². The fraction of sp³-hybridized carbons (Fsp3) is 0.500. The molecule has 0 saturated heterocycles. The van der Waals surface area contributed by atoms with E-state index in [1.807, 2.05) is 32.2 Å². The molecular formula is C14H20BrNO2. The van der Waals surface area contributed by atoms with Crippen molar-refractivity contribution >= 4 is 21.8 Å².